The number of ketones is 2. The van der Waals surface area contributed by atoms with E-state index in [1.54, 1.807) is 0 Å². The first-order valence-electron chi connectivity index (χ1n) is 8.88. The number of carbonyl (C=O) groups excluding carboxylic acids is 2. The van der Waals surface area contributed by atoms with Crippen LogP contribution in [0.3, 0.4) is 0 Å². The zero-order valence-electron chi connectivity index (χ0n) is 16.0. The average molecular weight is 344 g/mol. The van der Waals surface area contributed by atoms with Crippen LogP contribution in [0.1, 0.15) is 58.2 Å². The van der Waals surface area contributed by atoms with Crippen LogP contribution in [0.15, 0.2) is 54.6 Å². The van der Waals surface area contributed by atoms with E-state index in [4.69, 9.17) is 0 Å². The van der Waals surface area contributed by atoms with Crippen molar-refractivity contribution in [2.75, 3.05) is 0 Å². The van der Waals surface area contributed by atoms with Gasteiger partial charge in [0.2, 0.25) is 11.6 Å². The Morgan fingerprint density at radius 3 is 2.00 bits per heavy atom. The molecule has 0 N–H and O–H groups in total. The molecule has 132 valence electrons. The van der Waals surface area contributed by atoms with E-state index >= 15 is 0 Å². The lowest BCUT2D eigenvalue weighted by molar-refractivity contribution is 0.0816. The first-order chi connectivity index (χ1) is 12.2. The van der Waals surface area contributed by atoms with Crippen molar-refractivity contribution in [3.05, 3.63) is 82.4 Å². The fourth-order valence-corrected chi connectivity index (χ4v) is 3.48. The van der Waals surface area contributed by atoms with E-state index in [1.807, 2.05) is 62.4 Å². The van der Waals surface area contributed by atoms with Crippen LogP contribution in [0.4, 0.5) is 0 Å². The molecule has 0 spiro atoms. The van der Waals surface area contributed by atoms with Crippen molar-refractivity contribution in [3.63, 3.8) is 0 Å². The molecule has 0 unspecified atom stereocenters. The molecule has 0 saturated heterocycles. The van der Waals surface area contributed by atoms with Gasteiger partial charge in [0, 0.05) is 11.1 Å². The molecule has 0 fully saturated rings. The molecular formula is C24H24O2. The lowest BCUT2D eigenvalue weighted by atomic mass is 9.81. The van der Waals surface area contributed by atoms with Crippen LogP contribution in [-0.4, -0.2) is 11.6 Å². The summed E-state index contributed by atoms with van der Waals surface area (Å²) >= 11 is 0. The van der Waals surface area contributed by atoms with E-state index < -0.39 is 11.6 Å². The summed E-state index contributed by atoms with van der Waals surface area (Å²) < 4.78 is 0. The lowest BCUT2D eigenvalue weighted by Gasteiger charge is -2.22. The van der Waals surface area contributed by atoms with Gasteiger partial charge in [-0.15, -0.1) is 0 Å². The van der Waals surface area contributed by atoms with Crippen molar-refractivity contribution in [2.45, 2.75) is 40.0 Å². The number of rotatable bonds is 3. The fourth-order valence-electron chi connectivity index (χ4n) is 3.48. The Balaban J connectivity index is 2.16. The van der Waals surface area contributed by atoms with Gasteiger partial charge in [-0.3, -0.25) is 9.59 Å². The summed E-state index contributed by atoms with van der Waals surface area (Å²) in [6.07, 6.45) is 0. The van der Waals surface area contributed by atoms with Gasteiger partial charge in [-0.1, -0.05) is 63.2 Å². The third kappa shape index (κ3) is 3.20. The van der Waals surface area contributed by atoms with Gasteiger partial charge in [0.1, 0.15) is 0 Å². The van der Waals surface area contributed by atoms with Crippen LogP contribution in [-0.2, 0) is 5.41 Å². The van der Waals surface area contributed by atoms with Crippen molar-refractivity contribution in [1.29, 1.82) is 0 Å². The van der Waals surface area contributed by atoms with Crippen LogP contribution in [0.25, 0.3) is 10.8 Å². The van der Waals surface area contributed by atoms with Gasteiger partial charge < -0.3 is 0 Å². The highest BCUT2D eigenvalue weighted by molar-refractivity contribution is 6.50. The first kappa shape index (κ1) is 18.1. The molecule has 3 rings (SSSR count). The van der Waals surface area contributed by atoms with E-state index in [-0.39, 0.29) is 5.41 Å². The van der Waals surface area contributed by atoms with Crippen LogP contribution in [0.2, 0.25) is 0 Å². The quantitative estimate of drug-likeness (QED) is 0.443. The minimum atomic E-state index is -0.446. The van der Waals surface area contributed by atoms with Gasteiger partial charge in [0.25, 0.3) is 0 Å². The van der Waals surface area contributed by atoms with Crippen molar-refractivity contribution in [2.24, 2.45) is 0 Å². The highest BCUT2D eigenvalue weighted by Crippen LogP contribution is 2.32. The molecule has 26 heavy (non-hydrogen) atoms. The number of carbonyl (C=O) groups is 2. The van der Waals surface area contributed by atoms with Crippen LogP contribution >= 0.6 is 0 Å². The second-order valence-electron chi connectivity index (χ2n) is 7.92. The van der Waals surface area contributed by atoms with Crippen LogP contribution in [0, 0.1) is 13.8 Å². The van der Waals surface area contributed by atoms with Gasteiger partial charge in [0.05, 0.1) is 0 Å². The van der Waals surface area contributed by atoms with Gasteiger partial charge in [-0.25, -0.2) is 0 Å². The molecule has 0 aromatic heterocycles. The molecule has 0 amide bonds. The average Bonchev–Trinajstić information content (AvgIpc) is 2.59. The molecule has 0 aliphatic heterocycles. The van der Waals surface area contributed by atoms with E-state index in [1.165, 1.54) is 0 Å². The van der Waals surface area contributed by atoms with Crippen molar-refractivity contribution in [3.8, 4) is 0 Å². The summed E-state index contributed by atoms with van der Waals surface area (Å²) in [6, 6.07) is 17.4. The highest BCUT2D eigenvalue weighted by atomic mass is 16.2. The zero-order chi connectivity index (χ0) is 19.1. The summed E-state index contributed by atoms with van der Waals surface area (Å²) in [4.78, 5) is 26.0. The molecule has 0 saturated carbocycles. The maximum absolute atomic E-state index is 13.0. The molecule has 0 aliphatic rings. The molecule has 0 heterocycles. The van der Waals surface area contributed by atoms with Gasteiger partial charge >= 0.3 is 0 Å². The maximum Gasteiger partial charge on any atom is 0.234 e. The largest absolute Gasteiger partial charge is 0.285 e. The summed E-state index contributed by atoms with van der Waals surface area (Å²) in [5.74, 6) is -0.880. The molecule has 2 heteroatoms. The summed E-state index contributed by atoms with van der Waals surface area (Å²) in [5.41, 5.74) is 3.59. The summed E-state index contributed by atoms with van der Waals surface area (Å²) in [7, 11) is 0. The predicted molar refractivity (Wildman–Crippen MR) is 107 cm³/mol. The van der Waals surface area contributed by atoms with Gasteiger partial charge in [-0.05, 0) is 58.9 Å². The molecule has 2 nitrogen and oxygen atoms in total. The number of benzene rings is 3. The molecule has 0 radical (unpaired) electrons. The molecule has 0 atom stereocenters. The number of aryl methyl sites for hydroxylation is 2. The third-order valence-corrected chi connectivity index (χ3v) is 4.85. The fraction of sp³-hybridized carbons (Fsp3) is 0.250. The van der Waals surface area contributed by atoms with Gasteiger partial charge in [-0.2, -0.15) is 0 Å². The minimum Gasteiger partial charge on any atom is -0.285 e. The molecular weight excluding hydrogens is 320 g/mol. The number of hydrogen-bond acceptors (Lipinski definition) is 2. The van der Waals surface area contributed by atoms with Crippen LogP contribution < -0.4 is 0 Å². The Bertz CT molecular complexity index is 1000. The lowest BCUT2D eigenvalue weighted by Crippen LogP contribution is -2.19. The molecule has 3 aromatic carbocycles. The summed E-state index contributed by atoms with van der Waals surface area (Å²) in [6.45, 7) is 10.1. The standard InChI is InChI=1S/C24H24O2/c1-15-9-8-10-16(2)21(15)23(26)22(25)18-13-17-11-6-7-12-19(17)20(14-18)24(3,4)5/h6-14H,1-5H3. The molecule has 3 aromatic rings. The first-order valence-corrected chi connectivity index (χ1v) is 8.88. The smallest absolute Gasteiger partial charge is 0.234 e. The second-order valence-corrected chi connectivity index (χ2v) is 7.92. The second kappa shape index (κ2) is 6.53. The Morgan fingerprint density at radius 1 is 0.769 bits per heavy atom. The topological polar surface area (TPSA) is 34.1 Å². The molecule has 0 aliphatic carbocycles. The number of hydrogen-bond donors (Lipinski definition) is 0. The Kier molecular flexibility index (Phi) is 4.53. The van der Waals surface area contributed by atoms with Crippen molar-refractivity contribution in [1.82, 2.24) is 0 Å². The van der Waals surface area contributed by atoms with Crippen molar-refractivity contribution >= 4 is 22.3 Å². The number of fused-ring (bicyclic) bond motifs is 1. The van der Waals surface area contributed by atoms with E-state index in [0.717, 1.165) is 27.5 Å². The van der Waals surface area contributed by atoms with Crippen LogP contribution in [0.5, 0.6) is 0 Å². The normalized spacial score (nSPS) is 11.6. The Labute approximate surface area is 154 Å². The maximum atomic E-state index is 13.0. The SMILES string of the molecule is Cc1cccc(C)c1C(=O)C(=O)c1cc(C(C)(C)C)c2ccccc2c1. The summed E-state index contributed by atoms with van der Waals surface area (Å²) in [5, 5.41) is 2.11. The van der Waals surface area contributed by atoms with Crippen molar-refractivity contribution < 1.29 is 9.59 Å². The molecule has 0 bridgehead atoms. The third-order valence-electron chi connectivity index (χ3n) is 4.85. The highest BCUT2D eigenvalue weighted by Gasteiger charge is 2.25. The Morgan fingerprint density at radius 2 is 1.38 bits per heavy atom. The van der Waals surface area contributed by atoms with Gasteiger partial charge in [0.15, 0.2) is 0 Å². The zero-order valence-corrected chi connectivity index (χ0v) is 16.0. The van der Waals surface area contributed by atoms with E-state index in [0.29, 0.717) is 11.1 Å². The van der Waals surface area contributed by atoms with E-state index in [9.17, 15) is 9.59 Å². The van der Waals surface area contributed by atoms with E-state index in [2.05, 4.69) is 26.8 Å². The monoisotopic (exact) mass is 344 g/mol. The number of Topliss-reactive ketones (excluding diaryl/α,β-unsaturated/α-hetero) is 2. The predicted octanol–water partition coefficient (Wildman–Crippen LogP) is 5.82. The Hall–Kier alpha value is -2.74. The minimum absolute atomic E-state index is 0.127.